The molecule has 0 bridgehead atoms. The predicted molar refractivity (Wildman–Crippen MR) is 142 cm³/mol. The van der Waals surface area contributed by atoms with Crippen LogP contribution in [0.15, 0.2) is 11.6 Å². The molecule has 0 unspecified atom stereocenters. The maximum atomic E-state index is 13.7. The normalized spacial score (nSPS) is 43.6. The number of carbonyl (C=O) groups excluding carboxylic acids is 2. The molecule has 0 amide bonds. The second-order valence-corrected chi connectivity index (χ2v) is 13.6. The first-order valence-electron chi connectivity index (χ1n) is 14.8. The smallest absolute Gasteiger partial charge is 0.302 e. The average Bonchev–Trinajstić information content (AvgIpc) is 3.09. The van der Waals surface area contributed by atoms with Gasteiger partial charge in [0.25, 0.3) is 0 Å². The molecule has 37 heavy (non-hydrogen) atoms. The third-order valence-electron chi connectivity index (χ3n) is 11.5. The number of ether oxygens (including phenoxy) is 1. The first-order chi connectivity index (χ1) is 17.4. The molecule has 0 aromatic heterocycles. The third-order valence-corrected chi connectivity index (χ3v) is 11.5. The summed E-state index contributed by atoms with van der Waals surface area (Å²) in [6.45, 7) is 12.6. The Bertz CT molecular complexity index is 898. The Morgan fingerprint density at radius 2 is 1.86 bits per heavy atom. The van der Waals surface area contributed by atoms with Gasteiger partial charge in [0.1, 0.15) is 6.10 Å². The minimum Gasteiger partial charge on any atom is -0.462 e. The number of carbonyl (C=O) groups is 2. The fourth-order valence-electron chi connectivity index (χ4n) is 9.53. The quantitative estimate of drug-likeness (QED) is 0.403. The van der Waals surface area contributed by atoms with Gasteiger partial charge in [-0.2, -0.15) is 0 Å². The summed E-state index contributed by atoms with van der Waals surface area (Å²) in [6, 6.07) is 0. The van der Waals surface area contributed by atoms with Crippen LogP contribution in [-0.2, 0) is 14.3 Å². The first kappa shape index (κ1) is 28.8. The summed E-state index contributed by atoms with van der Waals surface area (Å²) in [5, 5.41) is 32.8. The molecule has 210 valence electrons. The molecule has 0 aromatic carbocycles. The van der Waals surface area contributed by atoms with Gasteiger partial charge in [0.15, 0.2) is 5.78 Å². The van der Waals surface area contributed by atoms with Crippen LogP contribution in [0.2, 0.25) is 0 Å². The van der Waals surface area contributed by atoms with Crippen LogP contribution in [0.3, 0.4) is 0 Å². The monoisotopic (exact) mass is 518 g/mol. The van der Waals surface area contributed by atoms with Crippen LogP contribution in [0.1, 0.15) is 92.9 Å². The van der Waals surface area contributed by atoms with Crippen molar-refractivity contribution < 1.29 is 29.6 Å². The molecule has 6 heteroatoms. The Morgan fingerprint density at radius 1 is 1.16 bits per heavy atom. The van der Waals surface area contributed by atoms with E-state index in [-0.39, 0.29) is 64.9 Å². The average molecular weight is 519 g/mol. The highest BCUT2D eigenvalue weighted by Crippen LogP contribution is 2.66. The summed E-state index contributed by atoms with van der Waals surface area (Å²) in [5.74, 6) is 0.370. The highest BCUT2D eigenvalue weighted by molar-refractivity contribution is 5.94. The maximum absolute atomic E-state index is 13.7. The van der Waals surface area contributed by atoms with Crippen LogP contribution in [0.4, 0.5) is 0 Å². The van der Waals surface area contributed by atoms with Gasteiger partial charge in [-0.1, -0.05) is 53.0 Å². The molecule has 0 aromatic rings. The van der Waals surface area contributed by atoms with Crippen molar-refractivity contribution in [3.05, 3.63) is 11.6 Å². The summed E-state index contributed by atoms with van der Waals surface area (Å²) in [5.41, 5.74) is 0.379. The third kappa shape index (κ3) is 4.96. The topological polar surface area (TPSA) is 104 Å². The lowest BCUT2D eigenvalue weighted by Crippen LogP contribution is -2.60. The molecule has 3 fully saturated rings. The number of ketones is 1. The Balaban J connectivity index is 1.58. The predicted octanol–water partition coefficient (Wildman–Crippen LogP) is 4.69. The lowest BCUT2D eigenvalue weighted by molar-refractivity contribution is -0.164. The number of esters is 1. The fraction of sp³-hybridized carbons (Fsp3) is 0.871. The molecule has 0 saturated heterocycles. The van der Waals surface area contributed by atoms with E-state index in [2.05, 4.69) is 34.6 Å². The minimum absolute atomic E-state index is 0.0334. The zero-order chi connectivity index (χ0) is 27.3. The van der Waals surface area contributed by atoms with Crippen LogP contribution in [0, 0.1) is 52.3 Å². The highest BCUT2D eigenvalue weighted by atomic mass is 16.5. The molecular formula is C31H50O6. The van der Waals surface area contributed by atoms with Gasteiger partial charge in [-0.3, -0.25) is 9.59 Å². The molecule has 0 heterocycles. The van der Waals surface area contributed by atoms with Crippen LogP contribution in [0.25, 0.3) is 0 Å². The van der Waals surface area contributed by atoms with Crippen molar-refractivity contribution in [1.82, 2.24) is 0 Å². The lowest BCUT2D eigenvalue weighted by Gasteiger charge is -2.59. The van der Waals surface area contributed by atoms with Crippen LogP contribution < -0.4 is 0 Å². The second-order valence-electron chi connectivity index (χ2n) is 13.6. The number of rotatable bonds is 8. The number of hydrogen-bond acceptors (Lipinski definition) is 6. The molecule has 0 aliphatic heterocycles. The number of aliphatic hydroxyl groups is 3. The zero-order valence-corrected chi connectivity index (χ0v) is 23.8. The Kier molecular flexibility index (Phi) is 8.34. The molecule has 4 aliphatic rings. The number of fused-ring (bicyclic) bond motifs is 5. The van der Waals surface area contributed by atoms with E-state index in [1.807, 2.05) is 0 Å². The molecule has 4 aliphatic carbocycles. The van der Waals surface area contributed by atoms with Crippen LogP contribution >= 0.6 is 0 Å². The van der Waals surface area contributed by atoms with Gasteiger partial charge in [0, 0.05) is 37.7 Å². The zero-order valence-electron chi connectivity index (χ0n) is 23.8. The summed E-state index contributed by atoms with van der Waals surface area (Å²) >= 11 is 0. The van der Waals surface area contributed by atoms with Crippen molar-refractivity contribution in [3.8, 4) is 0 Å². The maximum Gasteiger partial charge on any atom is 0.302 e. The van der Waals surface area contributed by atoms with Crippen molar-refractivity contribution in [2.24, 2.45) is 52.3 Å². The standard InChI is InChI=1S/C31H50O6/c1-7-20(18(3)16-32)9-8-17(2)23-14-25(35)28-27-24(34)13-21-12-22(37-19(4)33)10-11-30(21,5)29(27)26(36)15-31(23,28)6/h13,17-18,20,22-23,25-29,32,35-36H,7-12,14-16H2,1-6H3/t17-,18-,20-,22+,23-,25-,26-,27+,28+,29-,30+,31-/m1/s1. The first-order valence-corrected chi connectivity index (χ1v) is 14.8. The highest BCUT2D eigenvalue weighted by Gasteiger charge is 2.66. The van der Waals surface area contributed by atoms with Crippen LogP contribution in [-0.4, -0.2) is 52.0 Å². The van der Waals surface area contributed by atoms with Gasteiger partial charge < -0.3 is 20.1 Å². The molecule has 12 atom stereocenters. The van der Waals surface area contributed by atoms with E-state index in [0.29, 0.717) is 31.1 Å². The van der Waals surface area contributed by atoms with E-state index in [1.165, 1.54) is 6.92 Å². The van der Waals surface area contributed by atoms with E-state index in [1.54, 1.807) is 6.08 Å². The molecule has 3 saturated carbocycles. The van der Waals surface area contributed by atoms with Gasteiger partial charge in [0.2, 0.25) is 0 Å². The molecular weight excluding hydrogens is 468 g/mol. The molecule has 6 nitrogen and oxygen atoms in total. The van der Waals surface area contributed by atoms with Crippen molar-refractivity contribution >= 4 is 11.8 Å². The van der Waals surface area contributed by atoms with E-state index >= 15 is 0 Å². The molecule has 3 N–H and O–H groups in total. The van der Waals surface area contributed by atoms with Crippen molar-refractivity contribution in [2.75, 3.05) is 6.61 Å². The van der Waals surface area contributed by atoms with Gasteiger partial charge in [0.05, 0.1) is 12.2 Å². The Morgan fingerprint density at radius 3 is 2.49 bits per heavy atom. The van der Waals surface area contributed by atoms with Crippen molar-refractivity contribution in [1.29, 1.82) is 0 Å². The SMILES string of the molecule is CC[C@H](CC[C@@H](C)[C@H]1C[C@@H](O)[C@H]2[C@@H]3C(=O)C=C4C[C@@H](OC(C)=O)CC[C@]4(C)[C@@H]3[C@H](O)C[C@@]21C)[C@H](C)CO. The number of aliphatic hydroxyl groups excluding tert-OH is 3. The van der Waals surface area contributed by atoms with Crippen molar-refractivity contribution in [3.63, 3.8) is 0 Å². The Labute approximate surface area is 223 Å². The van der Waals surface area contributed by atoms with E-state index in [0.717, 1.165) is 37.7 Å². The molecule has 0 radical (unpaired) electrons. The lowest BCUT2D eigenvalue weighted by atomic mass is 9.45. The van der Waals surface area contributed by atoms with E-state index in [4.69, 9.17) is 4.74 Å². The summed E-state index contributed by atoms with van der Waals surface area (Å²) < 4.78 is 5.49. The van der Waals surface area contributed by atoms with Crippen molar-refractivity contribution in [2.45, 2.75) is 111 Å². The van der Waals surface area contributed by atoms with Gasteiger partial charge in [-0.25, -0.2) is 0 Å². The minimum atomic E-state index is -0.605. The molecule has 0 spiro atoms. The summed E-state index contributed by atoms with van der Waals surface area (Å²) in [4.78, 5) is 25.3. The van der Waals surface area contributed by atoms with E-state index < -0.39 is 12.2 Å². The second kappa shape index (κ2) is 10.7. The molecule has 4 rings (SSSR count). The van der Waals surface area contributed by atoms with Gasteiger partial charge in [-0.05, 0) is 72.7 Å². The summed E-state index contributed by atoms with van der Waals surface area (Å²) in [7, 11) is 0. The van der Waals surface area contributed by atoms with Crippen LogP contribution in [0.5, 0.6) is 0 Å². The summed E-state index contributed by atoms with van der Waals surface area (Å²) in [6.07, 6.45) is 6.87. The Hall–Kier alpha value is -1.24. The fourth-order valence-corrected chi connectivity index (χ4v) is 9.53. The number of allylic oxidation sites excluding steroid dienone is 1. The number of hydrogen-bond donors (Lipinski definition) is 3. The van der Waals surface area contributed by atoms with Gasteiger partial charge in [-0.15, -0.1) is 0 Å². The van der Waals surface area contributed by atoms with Gasteiger partial charge >= 0.3 is 5.97 Å². The van der Waals surface area contributed by atoms with E-state index in [9.17, 15) is 24.9 Å². The largest absolute Gasteiger partial charge is 0.462 e.